The van der Waals surface area contributed by atoms with E-state index in [1.165, 1.54) is 12.1 Å². The quantitative estimate of drug-likeness (QED) is 0.258. The molecule has 1 aromatic carbocycles. The average molecular weight is 257 g/mol. The second-order valence-corrected chi connectivity index (χ2v) is 3.91. The molecule has 0 aliphatic heterocycles. The van der Waals surface area contributed by atoms with Crippen molar-refractivity contribution in [3.8, 4) is 0 Å². The number of nitrogens with one attached hydrogen (secondary N) is 1. The van der Waals surface area contributed by atoms with Crippen LogP contribution < -0.4 is 11.1 Å². The first-order chi connectivity index (χ1) is 8.48. The summed E-state index contributed by atoms with van der Waals surface area (Å²) in [5, 5.41) is 40.6. The zero-order valence-corrected chi connectivity index (χ0v) is 9.54. The Morgan fingerprint density at radius 1 is 1.28 bits per heavy atom. The molecule has 6 N–H and O–H groups in total. The summed E-state index contributed by atoms with van der Waals surface area (Å²) >= 11 is 0. The number of hydrogen-bond acceptors (Lipinski definition) is 7. The molecule has 0 radical (unpaired) electrons. The first-order valence-electron chi connectivity index (χ1n) is 5.12. The van der Waals surface area contributed by atoms with Crippen LogP contribution in [0.5, 0.6) is 0 Å². The van der Waals surface area contributed by atoms with Crippen molar-refractivity contribution in [2.75, 3.05) is 30.9 Å². The molecule has 100 valence electrons. The van der Waals surface area contributed by atoms with Gasteiger partial charge in [-0.2, -0.15) is 0 Å². The summed E-state index contributed by atoms with van der Waals surface area (Å²) in [4.78, 5) is 9.94. The largest absolute Gasteiger partial charge is 0.397 e. The third-order valence-corrected chi connectivity index (χ3v) is 2.55. The molecule has 1 rings (SSSR count). The summed E-state index contributed by atoms with van der Waals surface area (Å²) in [6, 6.07) is 3.73. The molecule has 0 bridgehead atoms. The van der Waals surface area contributed by atoms with Crippen LogP contribution in [0.2, 0.25) is 0 Å². The molecule has 0 saturated heterocycles. The number of aliphatic hydroxyl groups excluding tert-OH is 3. The van der Waals surface area contributed by atoms with Crippen LogP contribution in [0.4, 0.5) is 17.1 Å². The highest BCUT2D eigenvalue weighted by molar-refractivity contribution is 5.70. The summed E-state index contributed by atoms with van der Waals surface area (Å²) in [5.41, 5.74) is 4.50. The van der Waals surface area contributed by atoms with Gasteiger partial charge in [-0.15, -0.1) is 0 Å². The lowest BCUT2D eigenvalue weighted by atomic mass is 10.0. The van der Waals surface area contributed by atoms with E-state index in [0.29, 0.717) is 0 Å². The lowest BCUT2D eigenvalue weighted by Gasteiger charge is -2.30. The fourth-order valence-corrected chi connectivity index (χ4v) is 1.33. The first kappa shape index (κ1) is 14.2. The topological polar surface area (TPSA) is 142 Å². The molecule has 0 atom stereocenters. The Bertz CT molecular complexity index is 425. The molecule has 0 heterocycles. The number of hydrogen-bond donors (Lipinski definition) is 5. The predicted octanol–water partition coefficient (Wildman–Crippen LogP) is -0.695. The third kappa shape index (κ3) is 2.86. The van der Waals surface area contributed by atoms with E-state index in [0.717, 1.165) is 6.07 Å². The SMILES string of the molecule is Nc1cc([N+](=O)[O-])ccc1NC(CO)(CO)CO. The van der Waals surface area contributed by atoms with Crippen molar-refractivity contribution >= 4 is 17.1 Å². The fraction of sp³-hybridized carbons (Fsp3) is 0.400. The molecular formula is C10H15N3O5. The van der Waals surface area contributed by atoms with Gasteiger partial charge in [-0.05, 0) is 6.07 Å². The summed E-state index contributed by atoms with van der Waals surface area (Å²) in [6.45, 7) is -1.55. The number of nitrogens with zero attached hydrogens (tertiary/aromatic N) is 1. The zero-order valence-electron chi connectivity index (χ0n) is 9.54. The molecule has 0 unspecified atom stereocenters. The van der Waals surface area contributed by atoms with E-state index in [2.05, 4.69) is 5.32 Å². The molecule has 0 fully saturated rings. The summed E-state index contributed by atoms with van der Waals surface area (Å²) in [6.07, 6.45) is 0. The molecule has 0 aromatic heterocycles. The van der Waals surface area contributed by atoms with E-state index in [1.807, 2.05) is 0 Å². The van der Waals surface area contributed by atoms with Gasteiger partial charge in [-0.3, -0.25) is 10.1 Å². The van der Waals surface area contributed by atoms with E-state index < -0.39 is 30.3 Å². The Balaban J connectivity index is 3.01. The molecule has 0 aliphatic rings. The molecule has 0 spiro atoms. The van der Waals surface area contributed by atoms with E-state index >= 15 is 0 Å². The smallest absolute Gasteiger partial charge is 0.271 e. The van der Waals surface area contributed by atoms with Crippen LogP contribution in [0.1, 0.15) is 0 Å². The Kier molecular flexibility index (Phi) is 4.43. The molecule has 0 amide bonds. The van der Waals surface area contributed by atoms with Gasteiger partial charge in [0.15, 0.2) is 0 Å². The molecule has 0 saturated carbocycles. The van der Waals surface area contributed by atoms with Gasteiger partial charge in [0.05, 0.1) is 36.1 Å². The van der Waals surface area contributed by atoms with Gasteiger partial charge in [0.1, 0.15) is 5.54 Å². The maximum Gasteiger partial charge on any atom is 0.271 e. The third-order valence-electron chi connectivity index (χ3n) is 2.55. The lowest BCUT2D eigenvalue weighted by molar-refractivity contribution is -0.384. The summed E-state index contributed by atoms with van der Waals surface area (Å²) in [7, 11) is 0. The predicted molar refractivity (Wildman–Crippen MR) is 65.1 cm³/mol. The highest BCUT2D eigenvalue weighted by Gasteiger charge is 2.28. The Hall–Kier alpha value is -1.90. The number of nitrogen functional groups attached to an aromatic ring is 1. The van der Waals surface area contributed by atoms with Crippen LogP contribution >= 0.6 is 0 Å². The lowest BCUT2D eigenvalue weighted by Crippen LogP contribution is -2.49. The fourth-order valence-electron chi connectivity index (χ4n) is 1.33. The minimum absolute atomic E-state index is 0.0870. The van der Waals surface area contributed by atoms with Crippen LogP contribution in [-0.2, 0) is 0 Å². The van der Waals surface area contributed by atoms with Crippen LogP contribution in [-0.4, -0.2) is 45.6 Å². The number of nitro groups is 1. The van der Waals surface area contributed by atoms with Gasteiger partial charge < -0.3 is 26.4 Å². The number of non-ortho nitro benzene ring substituents is 1. The minimum atomic E-state index is -1.33. The van der Waals surface area contributed by atoms with Crippen LogP contribution in [0.15, 0.2) is 18.2 Å². The maximum atomic E-state index is 10.5. The Labute approximate surface area is 103 Å². The van der Waals surface area contributed by atoms with Gasteiger partial charge in [-0.25, -0.2) is 0 Å². The van der Waals surface area contributed by atoms with Crippen molar-refractivity contribution in [1.82, 2.24) is 0 Å². The minimum Gasteiger partial charge on any atom is -0.397 e. The van der Waals surface area contributed by atoms with Crippen molar-refractivity contribution < 1.29 is 20.2 Å². The number of benzene rings is 1. The van der Waals surface area contributed by atoms with Crippen molar-refractivity contribution in [3.05, 3.63) is 28.3 Å². The maximum absolute atomic E-state index is 10.5. The standard InChI is InChI=1S/C10H15N3O5/c11-8-3-7(13(17)18)1-2-9(8)12-10(4-14,5-15)6-16/h1-3,12,14-16H,4-6,11H2. The van der Waals surface area contributed by atoms with Crippen molar-refractivity contribution in [2.24, 2.45) is 0 Å². The van der Waals surface area contributed by atoms with Crippen LogP contribution in [0.3, 0.4) is 0 Å². The second kappa shape index (κ2) is 5.63. The normalized spacial score (nSPS) is 11.3. The van der Waals surface area contributed by atoms with Crippen LogP contribution in [0.25, 0.3) is 0 Å². The van der Waals surface area contributed by atoms with Gasteiger partial charge in [0.2, 0.25) is 0 Å². The molecule has 0 aliphatic carbocycles. The molecule has 8 nitrogen and oxygen atoms in total. The van der Waals surface area contributed by atoms with Crippen molar-refractivity contribution in [3.63, 3.8) is 0 Å². The van der Waals surface area contributed by atoms with E-state index in [4.69, 9.17) is 21.1 Å². The number of nitro benzene ring substituents is 1. The van der Waals surface area contributed by atoms with E-state index in [9.17, 15) is 10.1 Å². The number of anilines is 2. The Morgan fingerprint density at radius 3 is 2.22 bits per heavy atom. The molecular weight excluding hydrogens is 242 g/mol. The van der Waals surface area contributed by atoms with Gasteiger partial charge in [-0.1, -0.05) is 0 Å². The Morgan fingerprint density at radius 2 is 1.83 bits per heavy atom. The molecule has 1 aromatic rings. The zero-order chi connectivity index (χ0) is 13.8. The average Bonchev–Trinajstić information content (AvgIpc) is 2.38. The van der Waals surface area contributed by atoms with E-state index in [-0.39, 0.29) is 17.1 Å². The highest BCUT2D eigenvalue weighted by atomic mass is 16.6. The monoisotopic (exact) mass is 257 g/mol. The molecule has 8 heteroatoms. The van der Waals surface area contributed by atoms with Gasteiger partial charge in [0, 0.05) is 12.1 Å². The summed E-state index contributed by atoms with van der Waals surface area (Å²) in [5.74, 6) is 0. The van der Waals surface area contributed by atoms with Crippen LogP contribution in [0, 0.1) is 10.1 Å². The number of aliphatic hydroxyl groups is 3. The van der Waals surface area contributed by atoms with E-state index in [1.54, 1.807) is 0 Å². The summed E-state index contributed by atoms with van der Waals surface area (Å²) < 4.78 is 0. The van der Waals surface area contributed by atoms with Crippen molar-refractivity contribution in [2.45, 2.75) is 5.54 Å². The molecule has 18 heavy (non-hydrogen) atoms. The number of nitrogens with two attached hydrogens (primary N) is 1. The number of rotatable bonds is 6. The van der Waals surface area contributed by atoms with Gasteiger partial charge >= 0.3 is 0 Å². The first-order valence-corrected chi connectivity index (χ1v) is 5.12. The van der Waals surface area contributed by atoms with Crippen molar-refractivity contribution in [1.29, 1.82) is 0 Å². The van der Waals surface area contributed by atoms with Gasteiger partial charge in [0.25, 0.3) is 5.69 Å². The second-order valence-electron chi connectivity index (χ2n) is 3.91. The highest BCUT2D eigenvalue weighted by Crippen LogP contribution is 2.26.